The van der Waals surface area contributed by atoms with E-state index in [-0.39, 0.29) is 11.4 Å². The van der Waals surface area contributed by atoms with Crippen LogP contribution >= 0.6 is 31.9 Å². The number of carbonyl (C=O) groups is 1. The number of rotatable bonds is 2. The highest BCUT2D eigenvalue weighted by Crippen LogP contribution is 2.20. The van der Waals surface area contributed by atoms with Gasteiger partial charge >= 0.3 is 0 Å². The lowest BCUT2D eigenvalue weighted by Gasteiger charge is -2.06. The molecule has 98 valence electrons. The summed E-state index contributed by atoms with van der Waals surface area (Å²) in [6.07, 6.45) is 1.41. The summed E-state index contributed by atoms with van der Waals surface area (Å²) in [5.74, 6) is -0.773. The first-order valence-corrected chi connectivity index (χ1v) is 6.47. The molecule has 7 nitrogen and oxygen atoms in total. The summed E-state index contributed by atoms with van der Waals surface area (Å²) < 4.78 is 0.843. The van der Waals surface area contributed by atoms with Gasteiger partial charge in [0, 0.05) is 12.1 Å². The molecule has 0 aliphatic carbocycles. The Morgan fingerprint density at radius 2 is 2.11 bits per heavy atom. The van der Waals surface area contributed by atoms with Crippen LogP contribution in [0.3, 0.4) is 0 Å². The van der Waals surface area contributed by atoms with Gasteiger partial charge in [0.2, 0.25) is 0 Å². The van der Waals surface area contributed by atoms with E-state index >= 15 is 0 Å². The molecule has 0 aromatic carbocycles. The van der Waals surface area contributed by atoms with E-state index in [1.807, 2.05) is 0 Å². The summed E-state index contributed by atoms with van der Waals surface area (Å²) in [5.41, 5.74) is -0.566. The highest BCUT2D eigenvalue weighted by molar-refractivity contribution is 9.11. The van der Waals surface area contributed by atoms with Gasteiger partial charge in [-0.15, -0.1) is 0 Å². The van der Waals surface area contributed by atoms with Crippen molar-refractivity contribution in [1.82, 2.24) is 15.0 Å². The summed E-state index contributed by atoms with van der Waals surface area (Å²) in [4.78, 5) is 33.1. The van der Waals surface area contributed by atoms with Crippen molar-refractivity contribution in [3.8, 4) is 5.88 Å². The normalized spacial score (nSPS) is 10.2. The van der Waals surface area contributed by atoms with E-state index in [0.29, 0.717) is 9.21 Å². The van der Waals surface area contributed by atoms with Gasteiger partial charge in [0.25, 0.3) is 11.5 Å². The van der Waals surface area contributed by atoms with Gasteiger partial charge in [-0.3, -0.25) is 14.6 Å². The standard InChI is InChI=1S/C10H6Br2N4O3/c11-5-3-13-9(8(12)14-5)16-10(19)4-1-6(17)15-7(18)2-4/h1-3H,(H,13,16,19)(H2,15,17,18). The molecule has 0 saturated heterocycles. The third-order valence-corrected chi connectivity index (χ3v) is 2.96. The predicted molar refractivity (Wildman–Crippen MR) is 74.1 cm³/mol. The fraction of sp³-hybridized carbons (Fsp3) is 0. The summed E-state index contributed by atoms with van der Waals surface area (Å²) in [5, 5.41) is 11.7. The maximum absolute atomic E-state index is 11.9. The molecule has 0 aliphatic rings. The van der Waals surface area contributed by atoms with Crippen LogP contribution in [-0.2, 0) is 0 Å². The zero-order valence-corrected chi connectivity index (χ0v) is 12.3. The molecule has 0 atom stereocenters. The van der Waals surface area contributed by atoms with Crippen LogP contribution in [0, 0.1) is 0 Å². The van der Waals surface area contributed by atoms with Gasteiger partial charge in [-0.2, -0.15) is 0 Å². The molecule has 0 spiro atoms. The molecule has 2 aromatic heterocycles. The van der Waals surface area contributed by atoms with Gasteiger partial charge in [-0.1, -0.05) is 0 Å². The number of hydrogen-bond acceptors (Lipinski definition) is 5. The number of aromatic hydroxyl groups is 1. The Morgan fingerprint density at radius 3 is 2.74 bits per heavy atom. The molecule has 2 heterocycles. The van der Waals surface area contributed by atoms with Crippen molar-refractivity contribution in [1.29, 1.82) is 0 Å². The van der Waals surface area contributed by atoms with Gasteiger partial charge in [-0.05, 0) is 31.9 Å². The molecular formula is C10H6Br2N4O3. The molecule has 0 bridgehead atoms. The molecule has 3 N–H and O–H groups in total. The van der Waals surface area contributed by atoms with Crippen molar-refractivity contribution in [2.24, 2.45) is 0 Å². The van der Waals surface area contributed by atoms with Crippen LogP contribution < -0.4 is 10.9 Å². The van der Waals surface area contributed by atoms with Crippen molar-refractivity contribution in [3.05, 3.63) is 43.5 Å². The Labute approximate surface area is 123 Å². The molecule has 9 heteroatoms. The summed E-state index contributed by atoms with van der Waals surface area (Å²) in [6, 6.07) is 2.20. The second-order valence-corrected chi connectivity index (χ2v) is 4.97. The predicted octanol–water partition coefficient (Wildman–Crippen LogP) is 1.65. The maximum Gasteiger partial charge on any atom is 0.257 e. The van der Waals surface area contributed by atoms with Crippen molar-refractivity contribution in [3.63, 3.8) is 0 Å². The molecule has 0 aliphatic heterocycles. The average Bonchev–Trinajstić information content (AvgIpc) is 2.31. The molecule has 0 saturated carbocycles. The summed E-state index contributed by atoms with van der Waals surface area (Å²) >= 11 is 6.27. The number of halogens is 2. The SMILES string of the molecule is O=C(Nc1ncc(Br)nc1Br)c1cc(O)[nH]c(=O)c1. The van der Waals surface area contributed by atoms with E-state index < -0.39 is 17.3 Å². The molecular weight excluding hydrogens is 384 g/mol. The van der Waals surface area contributed by atoms with Gasteiger partial charge in [0.1, 0.15) is 9.21 Å². The molecule has 0 unspecified atom stereocenters. The molecule has 1 amide bonds. The van der Waals surface area contributed by atoms with Crippen LogP contribution in [0.25, 0.3) is 0 Å². The number of pyridine rings is 1. The molecule has 2 rings (SSSR count). The van der Waals surface area contributed by atoms with Crippen molar-refractivity contribution >= 4 is 43.6 Å². The van der Waals surface area contributed by atoms with Gasteiger partial charge < -0.3 is 10.4 Å². The molecule has 0 radical (unpaired) electrons. The summed E-state index contributed by atoms with van der Waals surface area (Å²) in [6.45, 7) is 0. The van der Waals surface area contributed by atoms with E-state index in [2.05, 4.69) is 52.1 Å². The number of aromatic nitrogens is 3. The highest BCUT2D eigenvalue weighted by Gasteiger charge is 2.12. The fourth-order valence-corrected chi connectivity index (χ4v) is 2.18. The Morgan fingerprint density at radius 1 is 1.37 bits per heavy atom. The number of nitrogens with one attached hydrogen (secondary N) is 2. The Bertz CT molecular complexity index is 701. The van der Waals surface area contributed by atoms with Gasteiger partial charge in [0.05, 0.1) is 11.8 Å². The Balaban J connectivity index is 2.28. The van der Waals surface area contributed by atoms with E-state index in [1.54, 1.807) is 0 Å². The largest absolute Gasteiger partial charge is 0.494 e. The number of anilines is 1. The number of H-pyrrole nitrogens is 1. The monoisotopic (exact) mass is 388 g/mol. The topological polar surface area (TPSA) is 108 Å². The average molecular weight is 390 g/mol. The van der Waals surface area contributed by atoms with Crippen LogP contribution in [0.15, 0.2) is 32.3 Å². The molecule has 19 heavy (non-hydrogen) atoms. The summed E-state index contributed by atoms with van der Waals surface area (Å²) in [7, 11) is 0. The van der Waals surface area contributed by atoms with E-state index in [0.717, 1.165) is 12.1 Å². The van der Waals surface area contributed by atoms with E-state index in [1.165, 1.54) is 6.20 Å². The van der Waals surface area contributed by atoms with Crippen LogP contribution in [0.2, 0.25) is 0 Å². The Kier molecular flexibility index (Phi) is 3.96. The van der Waals surface area contributed by atoms with Gasteiger partial charge in [0.15, 0.2) is 11.7 Å². The van der Waals surface area contributed by atoms with Crippen molar-refractivity contribution in [2.45, 2.75) is 0 Å². The van der Waals surface area contributed by atoms with Crippen LogP contribution in [0.4, 0.5) is 5.82 Å². The first-order chi connectivity index (χ1) is 8.95. The van der Waals surface area contributed by atoms with E-state index in [9.17, 15) is 14.7 Å². The number of carbonyl (C=O) groups excluding carboxylic acids is 1. The smallest absolute Gasteiger partial charge is 0.257 e. The lowest BCUT2D eigenvalue weighted by Crippen LogP contribution is -2.17. The van der Waals surface area contributed by atoms with Gasteiger partial charge in [-0.25, -0.2) is 9.97 Å². The van der Waals surface area contributed by atoms with Crippen LogP contribution in [0.5, 0.6) is 5.88 Å². The lowest BCUT2D eigenvalue weighted by molar-refractivity contribution is 0.102. The number of hydrogen-bond donors (Lipinski definition) is 3. The van der Waals surface area contributed by atoms with E-state index in [4.69, 9.17) is 0 Å². The lowest BCUT2D eigenvalue weighted by atomic mass is 10.2. The molecule has 2 aromatic rings. The van der Waals surface area contributed by atoms with Crippen molar-refractivity contribution in [2.75, 3.05) is 5.32 Å². The Hall–Kier alpha value is -1.74. The third kappa shape index (κ3) is 3.38. The van der Waals surface area contributed by atoms with Crippen LogP contribution in [-0.4, -0.2) is 26.0 Å². The maximum atomic E-state index is 11.9. The quantitative estimate of drug-likeness (QED) is 0.723. The molecule has 0 fully saturated rings. The second kappa shape index (κ2) is 5.49. The number of aromatic amines is 1. The second-order valence-electron chi connectivity index (χ2n) is 3.40. The minimum atomic E-state index is -0.585. The first kappa shape index (κ1) is 13.7. The third-order valence-electron chi connectivity index (χ3n) is 2.02. The number of amides is 1. The zero-order valence-electron chi connectivity index (χ0n) is 9.15. The van der Waals surface area contributed by atoms with Crippen molar-refractivity contribution < 1.29 is 9.90 Å². The number of nitrogens with zero attached hydrogens (tertiary/aromatic N) is 2. The highest BCUT2D eigenvalue weighted by atomic mass is 79.9. The van der Waals surface area contributed by atoms with Crippen LogP contribution in [0.1, 0.15) is 10.4 Å². The fourth-order valence-electron chi connectivity index (χ4n) is 1.27. The minimum absolute atomic E-state index is 0.0119. The zero-order chi connectivity index (χ0) is 14.0. The first-order valence-electron chi connectivity index (χ1n) is 4.88. The minimum Gasteiger partial charge on any atom is -0.494 e.